The molecule has 0 unspecified atom stereocenters. The number of nitrogens with zero attached hydrogens (tertiary/aromatic N) is 1. The summed E-state index contributed by atoms with van der Waals surface area (Å²) in [5.74, 6) is 2.00. The Morgan fingerprint density at radius 1 is 1.37 bits per heavy atom. The number of aromatic amines is 1. The number of benzene rings is 1. The van der Waals surface area contributed by atoms with Crippen LogP contribution in [0.1, 0.15) is 12.5 Å². The van der Waals surface area contributed by atoms with Gasteiger partial charge in [-0.2, -0.15) is 5.10 Å². The van der Waals surface area contributed by atoms with Gasteiger partial charge in [0.2, 0.25) is 0 Å². The minimum Gasteiger partial charge on any atom is -0.486 e. The second-order valence-corrected chi connectivity index (χ2v) is 5.09. The third-order valence-electron chi connectivity index (χ3n) is 3.12. The van der Waals surface area contributed by atoms with Gasteiger partial charge in [-0.25, -0.2) is 0 Å². The molecule has 0 fully saturated rings. The predicted molar refractivity (Wildman–Crippen MR) is 76.5 cm³/mol. The minimum atomic E-state index is 0.475. The lowest BCUT2D eigenvalue weighted by atomic mass is 10.0. The first-order valence-electron chi connectivity index (χ1n) is 6.13. The molecule has 100 valence electrons. The third kappa shape index (κ3) is 2.06. The number of rotatable bonds is 2. The maximum absolute atomic E-state index is 5.67. The topological polar surface area (TPSA) is 73.2 Å². The highest BCUT2D eigenvalue weighted by atomic mass is 79.9. The van der Waals surface area contributed by atoms with Gasteiger partial charge in [-0.05, 0) is 34.0 Å². The summed E-state index contributed by atoms with van der Waals surface area (Å²) in [6, 6.07) is 3.79. The highest BCUT2D eigenvalue weighted by Gasteiger charge is 2.22. The smallest absolute Gasteiger partial charge is 0.175 e. The molecule has 2 aromatic rings. The molecule has 0 saturated heterocycles. The van der Waals surface area contributed by atoms with Crippen LogP contribution in [0.3, 0.4) is 0 Å². The van der Waals surface area contributed by atoms with E-state index < -0.39 is 0 Å². The number of nitrogen functional groups attached to an aromatic ring is 1. The van der Waals surface area contributed by atoms with Gasteiger partial charge < -0.3 is 15.2 Å². The van der Waals surface area contributed by atoms with Crippen molar-refractivity contribution >= 4 is 21.7 Å². The van der Waals surface area contributed by atoms with Crippen molar-refractivity contribution in [3.05, 3.63) is 22.2 Å². The molecule has 1 aliphatic rings. The Bertz CT molecular complexity index is 625. The van der Waals surface area contributed by atoms with Crippen molar-refractivity contribution in [2.45, 2.75) is 13.3 Å². The molecule has 6 heteroatoms. The fourth-order valence-electron chi connectivity index (χ4n) is 2.25. The molecule has 0 bridgehead atoms. The Morgan fingerprint density at radius 2 is 2.16 bits per heavy atom. The number of fused-ring (bicyclic) bond motifs is 1. The lowest BCUT2D eigenvalue weighted by Gasteiger charge is -2.22. The van der Waals surface area contributed by atoms with Crippen LogP contribution in [-0.2, 0) is 6.42 Å². The third-order valence-corrected chi connectivity index (χ3v) is 3.96. The highest BCUT2D eigenvalue weighted by Crippen LogP contribution is 2.44. The first-order valence-corrected chi connectivity index (χ1v) is 6.92. The predicted octanol–water partition coefficient (Wildman–Crippen LogP) is 2.76. The standard InChI is InChI=1S/C13H14BrN3O2/c1-2-7-8(9-6-11(15)17-16-9)5-10-13(12(7)14)19-4-3-18-10/h5-6H,2-4H2,1H3,(H3,15,16,17). The van der Waals surface area contributed by atoms with Gasteiger partial charge in [-0.3, -0.25) is 5.10 Å². The monoisotopic (exact) mass is 323 g/mol. The van der Waals surface area contributed by atoms with E-state index >= 15 is 0 Å². The van der Waals surface area contributed by atoms with Gasteiger partial charge in [0.15, 0.2) is 11.5 Å². The Kier molecular flexibility index (Phi) is 3.10. The van der Waals surface area contributed by atoms with Gasteiger partial charge in [-0.1, -0.05) is 6.92 Å². The number of anilines is 1. The van der Waals surface area contributed by atoms with Crippen LogP contribution in [0.4, 0.5) is 5.82 Å². The summed E-state index contributed by atoms with van der Waals surface area (Å²) in [5, 5.41) is 6.91. The highest BCUT2D eigenvalue weighted by molar-refractivity contribution is 9.10. The summed E-state index contributed by atoms with van der Waals surface area (Å²) >= 11 is 3.61. The normalized spacial score (nSPS) is 13.6. The number of nitrogens with two attached hydrogens (primary N) is 1. The second kappa shape index (κ2) is 4.77. The molecule has 0 atom stereocenters. The van der Waals surface area contributed by atoms with Crippen LogP contribution < -0.4 is 15.2 Å². The molecule has 0 aliphatic carbocycles. The number of halogens is 1. The Balaban J connectivity index is 2.21. The van der Waals surface area contributed by atoms with E-state index in [2.05, 4.69) is 33.1 Å². The Labute approximate surface area is 119 Å². The fraction of sp³-hybridized carbons (Fsp3) is 0.308. The van der Waals surface area contributed by atoms with Gasteiger partial charge in [0.25, 0.3) is 0 Å². The van der Waals surface area contributed by atoms with E-state index in [-0.39, 0.29) is 0 Å². The molecule has 0 radical (unpaired) electrons. The average molecular weight is 324 g/mol. The number of hydrogen-bond acceptors (Lipinski definition) is 4. The van der Waals surface area contributed by atoms with E-state index in [4.69, 9.17) is 15.2 Å². The van der Waals surface area contributed by atoms with Gasteiger partial charge in [-0.15, -0.1) is 0 Å². The number of H-pyrrole nitrogens is 1. The molecule has 3 N–H and O–H groups in total. The van der Waals surface area contributed by atoms with Crippen LogP contribution in [0.15, 0.2) is 16.6 Å². The van der Waals surface area contributed by atoms with Crippen LogP contribution in [0.5, 0.6) is 11.5 Å². The van der Waals surface area contributed by atoms with Crippen molar-refractivity contribution in [3.63, 3.8) is 0 Å². The Hall–Kier alpha value is -1.69. The molecular weight excluding hydrogens is 310 g/mol. The van der Waals surface area contributed by atoms with Gasteiger partial charge in [0, 0.05) is 11.6 Å². The molecule has 0 spiro atoms. The maximum Gasteiger partial charge on any atom is 0.175 e. The summed E-state index contributed by atoms with van der Waals surface area (Å²) in [4.78, 5) is 0. The van der Waals surface area contributed by atoms with Crippen molar-refractivity contribution in [1.82, 2.24) is 10.2 Å². The van der Waals surface area contributed by atoms with Crippen LogP contribution >= 0.6 is 15.9 Å². The van der Waals surface area contributed by atoms with Crippen molar-refractivity contribution in [1.29, 1.82) is 0 Å². The number of hydrogen-bond donors (Lipinski definition) is 2. The number of ether oxygens (including phenoxy) is 2. The summed E-state index contributed by atoms with van der Waals surface area (Å²) in [6.07, 6.45) is 0.867. The zero-order chi connectivity index (χ0) is 13.4. The molecule has 1 aromatic carbocycles. The van der Waals surface area contributed by atoms with E-state index in [1.807, 2.05) is 12.1 Å². The van der Waals surface area contributed by atoms with Crippen molar-refractivity contribution in [2.75, 3.05) is 18.9 Å². The van der Waals surface area contributed by atoms with Crippen molar-refractivity contribution in [3.8, 4) is 22.8 Å². The van der Waals surface area contributed by atoms with Crippen LogP contribution in [0.25, 0.3) is 11.3 Å². The quantitative estimate of drug-likeness (QED) is 0.891. The lowest BCUT2D eigenvalue weighted by Crippen LogP contribution is -2.16. The lowest BCUT2D eigenvalue weighted by molar-refractivity contribution is 0.170. The van der Waals surface area contributed by atoms with Gasteiger partial charge in [0.1, 0.15) is 19.0 Å². The molecular formula is C13H14BrN3O2. The van der Waals surface area contributed by atoms with E-state index in [9.17, 15) is 0 Å². The van der Waals surface area contributed by atoms with Crippen LogP contribution in [-0.4, -0.2) is 23.4 Å². The maximum atomic E-state index is 5.67. The molecule has 0 amide bonds. The van der Waals surface area contributed by atoms with Crippen LogP contribution in [0, 0.1) is 0 Å². The summed E-state index contributed by atoms with van der Waals surface area (Å²) < 4.78 is 12.3. The molecule has 1 aliphatic heterocycles. The minimum absolute atomic E-state index is 0.475. The summed E-state index contributed by atoms with van der Waals surface area (Å²) in [5.41, 5.74) is 8.73. The van der Waals surface area contributed by atoms with E-state index in [0.29, 0.717) is 19.0 Å². The summed E-state index contributed by atoms with van der Waals surface area (Å²) in [6.45, 7) is 3.24. The number of aromatic nitrogens is 2. The SMILES string of the molecule is CCc1c(-c2cc(N)n[nH]2)cc2c(c1Br)OCCO2. The number of nitrogens with one attached hydrogen (secondary N) is 1. The van der Waals surface area contributed by atoms with Gasteiger partial charge in [0.05, 0.1) is 10.2 Å². The second-order valence-electron chi connectivity index (χ2n) is 4.30. The van der Waals surface area contributed by atoms with Gasteiger partial charge >= 0.3 is 0 Å². The zero-order valence-corrected chi connectivity index (χ0v) is 12.1. The summed E-state index contributed by atoms with van der Waals surface area (Å²) in [7, 11) is 0. The average Bonchev–Trinajstić information content (AvgIpc) is 2.85. The van der Waals surface area contributed by atoms with E-state index in [0.717, 1.165) is 39.2 Å². The first kappa shape index (κ1) is 12.3. The molecule has 1 aromatic heterocycles. The van der Waals surface area contributed by atoms with Crippen LogP contribution in [0.2, 0.25) is 0 Å². The fourth-order valence-corrected chi connectivity index (χ4v) is 3.05. The molecule has 0 saturated carbocycles. The van der Waals surface area contributed by atoms with E-state index in [1.54, 1.807) is 0 Å². The molecule has 19 heavy (non-hydrogen) atoms. The zero-order valence-electron chi connectivity index (χ0n) is 10.5. The molecule has 5 nitrogen and oxygen atoms in total. The van der Waals surface area contributed by atoms with Crippen molar-refractivity contribution in [2.24, 2.45) is 0 Å². The molecule has 3 rings (SSSR count). The molecule has 2 heterocycles. The Morgan fingerprint density at radius 3 is 2.84 bits per heavy atom. The first-order chi connectivity index (χ1) is 9.20. The largest absolute Gasteiger partial charge is 0.486 e. The van der Waals surface area contributed by atoms with Crippen molar-refractivity contribution < 1.29 is 9.47 Å². The van der Waals surface area contributed by atoms with E-state index in [1.165, 1.54) is 0 Å².